The molecule has 0 saturated carbocycles. The molecule has 2 heterocycles. The lowest BCUT2D eigenvalue weighted by Gasteiger charge is -2.31. The zero-order chi connectivity index (χ0) is 24.8. The fraction of sp³-hybridized carbons (Fsp3) is 0.321. The Hall–Kier alpha value is -3.89. The predicted molar refractivity (Wildman–Crippen MR) is 136 cm³/mol. The largest absolute Gasteiger partial charge is 0.349 e. The molecule has 1 aromatic heterocycles. The maximum Gasteiger partial charge on any atom is 0.251 e. The van der Waals surface area contributed by atoms with Crippen LogP contribution in [-0.4, -0.2) is 47.0 Å². The molecule has 180 valence electrons. The summed E-state index contributed by atoms with van der Waals surface area (Å²) in [4.78, 5) is 27.5. The Kier molecular flexibility index (Phi) is 7.64. The molecule has 0 unspecified atom stereocenters. The van der Waals surface area contributed by atoms with Crippen LogP contribution in [-0.2, 0) is 11.3 Å². The lowest BCUT2D eigenvalue weighted by atomic mass is 10.0. The second kappa shape index (κ2) is 11.0. The fourth-order valence-electron chi connectivity index (χ4n) is 4.56. The third kappa shape index (κ3) is 5.79. The number of benzene rings is 2. The highest BCUT2D eigenvalue weighted by Gasteiger charge is 2.24. The highest BCUT2D eigenvalue weighted by molar-refractivity contribution is 5.94. The monoisotopic (exact) mass is 469 g/mol. The molecule has 1 aliphatic heterocycles. The van der Waals surface area contributed by atoms with Crippen molar-refractivity contribution in [3.05, 3.63) is 88.6 Å². The van der Waals surface area contributed by atoms with Gasteiger partial charge in [0.1, 0.15) is 11.9 Å². The molecule has 1 fully saturated rings. The van der Waals surface area contributed by atoms with Crippen molar-refractivity contribution >= 4 is 17.6 Å². The maximum atomic E-state index is 13.0. The lowest BCUT2D eigenvalue weighted by Crippen LogP contribution is -2.46. The van der Waals surface area contributed by atoms with Crippen LogP contribution in [0.4, 0.5) is 5.82 Å². The van der Waals surface area contributed by atoms with Crippen molar-refractivity contribution in [2.24, 2.45) is 0 Å². The first-order valence-electron chi connectivity index (χ1n) is 12.0. The summed E-state index contributed by atoms with van der Waals surface area (Å²) in [6.07, 6.45) is 1.58. The van der Waals surface area contributed by atoms with Crippen LogP contribution in [0.2, 0.25) is 0 Å². The zero-order valence-corrected chi connectivity index (χ0v) is 20.3. The van der Waals surface area contributed by atoms with Gasteiger partial charge in [0.15, 0.2) is 0 Å². The molecule has 0 radical (unpaired) electrons. The quantitative estimate of drug-likeness (QED) is 0.550. The normalized spacial score (nSPS) is 14.3. The Morgan fingerprint density at radius 1 is 1.00 bits per heavy atom. The summed E-state index contributed by atoms with van der Waals surface area (Å²) in [7, 11) is 0. The number of carbonyl (C=O) groups is 2. The van der Waals surface area contributed by atoms with Gasteiger partial charge in [-0.2, -0.15) is 5.26 Å². The number of hydrogen-bond donors (Lipinski definition) is 2. The highest BCUT2D eigenvalue weighted by atomic mass is 16.2. The lowest BCUT2D eigenvalue weighted by molar-refractivity contribution is -0.117. The van der Waals surface area contributed by atoms with Crippen LogP contribution >= 0.6 is 0 Å². The molecule has 0 spiro atoms. The van der Waals surface area contributed by atoms with Gasteiger partial charge in [-0.1, -0.05) is 48.5 Å². The molecule has 7 nitrogen and oxygen atoms in total. The molecular formula is C28H31N5O2. The van der Waals surface area contributed by atoms with E-state index in [1.807, 2.05) is 66.9 Å². The number of nitrogens with zero attached hydrogens (tertiary/aromatic N) is 3. The molecule has 2 amide bonds. The third-order valence-corrected chi connectivity index (χ3v) is 6.71. The third-order valence-electron chi connectivity index (χ3n) is 6.71. The van der Waals surface area contributed by atoms with Crippen LogP contribution in [0.5, 0.6) is 0 Å². The van der Waals surface area contributed by atoms with Crippen LogP contribution in [0.15, 0.2) is 60.7 Å². The van der Waals surface area contributed by atoms with E-state index in [1.54, 1.807) is 12.1 Å². The predicted octanol–water partition coefficient (Wildman–Crippen LogP) is 3.86. The van der Waals surface area contributed by atoms with Gasteiger partial charge >= 0.3 is 0 Å². The number of nitrogens with one attached hydrogen (secondary N) is 2. The summed E-state index contributed by atoms with van der Waals surface area (Å²) in [5.74, 6) is 0.359. The van der Waals surface area contributed by atoms with Crippen LogP contribution < -0.4 is 10.6 Å². The summed E-state index contributed by atoms with van der Waals surface area (Å²) in [6, 6.07) is 21.6. The van der Waals surface area contributed by atoms with Gasteiger partial charge in [0.2, 0.25) is 5.91 Å². The molecule has 2 aromatic carbocycles. The Labute approximate surface area is 206 Å². The van der Waals surface area contributed by atoms with Gasteiger partial charge in [-0.15, -0.1) is 0 Å². The Morgan fingerprint density at radius 2 is 1.63 bits per heavy atom. The standard InChI is InChI=1S/C28H31N5O2/c1-20-21(2)33(18-22-9-5-3-6-10-22)27(25(20)17-29)31-26(34)19-32-15-13-24(14-16-32)30-28(35)23-11-7-4-8-12-23/h3-12,24H,13-16,18-19H2,1-2H3,(H,30,35)(H,31,34). The van der Waals surface area contributed by atoms with Gasteiger partial charge in [-0.05, 0) is 49.9 Å². The van der Waals surface area contributed by atoms with Gasteiger partial charge < -0.3 is 15.2 Å². The van der Waals surface area contributed by atoms with E-state index >= 15 is 0 Å². The minimum atomic E-state index is -0.139. The van der Waals surface area contributed by atoms with Crippen molar-refractivity contribution in [3.8, 4) is 6.07 Å². The van der Waals surface area contributed by atoms with Gasteiger partial charge in [0.05, 0.1) is 12.1 Å². The molecule has 35 heavy (non-hydrogen) atoms. The molecule has 0 bridgehead atoms. The van der Waals surface area contributed by atoms with Crippen molar-refractivity contribution in [3.63, 3.8) is 0 Å². The minimum absolute atomic E-state index is 0.0595. The van der Waals surface area contributed by atoms with E-state index in [4.69, 9.17) is 0 Å². The van der Waals surface area contributed by atoms with Crippen molar-refractivity contribution in [2.75, 3.05) is 25.0 Å². The highest BCUT2D eigenvalue weighted by Crippen LogP contribution is 2.27. The van der Waals surface area contributed by atoms with E-state index in [2.05, 4.69) is 21.6 Å². The average Bonchev–Trinajstić information content (AvgIpc) is 3.09. The molecule has 4 rings (SSSR count). The molecular weight excluding hydrogens is 438 g/mol. The number of hydrogen-bond acceptors (Lipinski definition) is 4. The van der Waals surface area contributed by atoms with Crippen molar-refractivity contribution in [2.45, 2.75) is 39.3 Å². The Balaban J connectivity index is 1.36. The smallest absolute Gasteiger partial charge is 0.251 e. The van der Waals surface area contributed by atoms with Crippen LogP contribution in [0.1, 0.15) is 45.6 Å². The molecule has 0 atom stereocenters. The number of rotatable bonds is 7. The fourth-order valence-corrected chi connectivity index (χ4v) is 4.56. The summed E-state index contributed by atoms with van der Waals surface area (Å²) in [6.45, 7) is 6.17. The van der Waals surface area contributed by atoms with Gasteiger partial charge in [0, 0.05) is 36.9 Å². The molecule has 0 aliphatic carbocycles. The molecule has 2 N–H and O–H groups in total. The summed E-state index contributed by atoms with van der Waals surface area (Å²) in [5, 5.41) is 15.9. The maximum absolute atomic E-state index is 13.0. The van der Waals surface area contributed by atoms with Crippen LogP contribution in [0.3, 0.4) is 0 Å². The van der Waals surface area contributed by atoms with E-state index in [1.165, 1.54) is 0 Å². The molecule has 1 saturated heterocycles. The summed E-state index contributed by atoms with van der Waals surface area (Å²) in [5.41, 5.74) is 4.12. The Bertz CT molecular complexity index is 1220. The van der Waals surface area contributed by atoms with Crippen molar-refractivity contribution in [1.29, 1.82) is 5.26 Å². The van der Waals surface area contributed by atoms with E-state index in [0.717, 1.165) is 42.8 Å². The second-order valence-electron chi connectivity index (χ2n) is 9.06. The number of amides is 2. The first kappa shape index (κ1) is 24.2. The number of likely N-dealkylation sites (tertiary alicyclic amines) is 1. The first-order chi connectivity index (χ1) is 17.0. The molecule has 7 heteroatoms. The number of nitriles is 1. The molecule has 1 aliphatic rings. The molecule has 3 aromatic rings. The number of carbonyl (C=O) groups excluding carboxylic acids is 2. The Morgan fingerprint density at radius 3 is 2.26 bits per heavy atom. The van der Waals surface area contributed by atoms with Crippen LogP contribution in [0, 0.1) is 25.2 Å². The van der Waals surface area contributed by atoms with E-state index < -0.39 is 0 Å². The SMILES string of the molecule is Cc1c(C#N)c(NC(=O)CN2CCC(NC(=O)c3ccccc3)CC2)n(Cc2ccccc2)c1C. The minimum Gasteiger partial charge on any atom is -0.349 e. The second-order valence-corrected chi connectivity index (χ2v) is 9.06. The van der Waals surface area contributed by atoms with E-state index in [0.29, 0.717) is 23.5 Å². The summed E-state index contributed by atoms with van der Waals surface area (Å²) < 4.78 is 2.01. The number of anilines is 1. The zero-order valence-electron chi connectivity index (χ0n) is 20.3. The first-order valence-corrected chi connectivity index (χ1v) is 12.0. The number of piperidine rings is 1. The summed E-state index contributed by atoms with van der Waals surface area (Å²) >= 11 is 0. The number of aromatic nitrogens is 1. The van der Waals surface area contributed by atoms with Gasteiger partial charge in [0.25, 0.3) is 5.91 Å². The topological polar surface area (TPSA) is 90.2 Å². The van der Waals surface area contributed by atoms with Gasteiger partial charge in [-0.3, -0.25) is 14.5 Å². The van der Waals surface area contributed by atoms with E-state index in [9.17, 15) is 14.9 Å². The van der Waals surface area contributed by atoms with Crippen LogP contribution in [0.25, 0.3) is 0 Å². The average molecular weight is 470 g/mol. The van der Waals surface area contributed by atoms with Gasteiger partial charge in [-0.25, -0.2) is 0 Å². The van der Waals surface area contributed by atoms with Crippen molar-refractivity contribution in [1.82, 2.24) is 14.8 Å². The van der Waals surface area contributed by atoms with Crippen molar-refractivity contribution < 1.29 is 9.59 Å². The van der Waals surface area contributed by atoms with E-state index in [-0.39, 0.29) is 24.4 Å².